The lowest BCUT2D eigenvalue weighted by Gasteiger charge is -2.34. The number of hydrogen-bond acceptors (Lipinski definition) is 5. The highest BCUT2D eigenvalue weighted by atomic mass is 19.4. The number of likely N-dealkylation sites (N-methyl/N-ethyl adjacent to an activating group) is 1. The van der Waals surface area contributed by atoms with Crippen molar-refractivity contribution in [3.05, 3.63) is 65.2 Å². The van der Waals surface area contributed by atoms with E-state index in [1.807, 2.05) is 32.7 Å². The van der Waals surface area contributed by atoms with Crippen molar-refractivity contribution in [2.24, 2.45) is 5.92 Å². The second-order valence-electron chi connectivity index (χ2n) is 10.6. The number of carbonyl (C=O) groups is 3. The van der Waals surface area contributed by atoms with E-state index < -0.39 is 30.0 Å². The summed E-state index contributed by atoms with van der Waals surface area (Å²) in [4.78, 5) is 43.6. The lowest BCUT2D eigenvalue weighted by molar-refractivity contribution is -0.137. The Morgan fingerprint density at radius 3 is 2.07 bits per heavy atom. The van der Waals surface area contributed by atoms with Crippen LogP contribution in [0.5, 0.6) is 5.75 Å². The molecule has 0 aromatic heterocycles. The van der Waals surface area contributed by atoms with Gasteiger partial charge in [0, 0.05) is 37.7 Å². The number of ether oxygens (including phenoxy) is 1. The maximum atomic E-state index is 13.4. The predicted molar refractivity (Wildman–Crippen MR) is 154 cm³/mol. The van der Waals surface area contributed by atoms with Crippen LogP contribution in [-0.4, -0.2) is 72.5 Å². The van der Waals surface area contributed by atoms with E-state index in [0.717, 1.165) is 30.1 Å². The van der Waals surface area contributed by atoms with Gasteiger partial charge in [-0.2, -0.15) is 13.2 Å². The molecule has 1 heterocycles. The summed E-state index contributed by atoms with van der Waals surface area (Å²) in [6.07, 6.45) is -2.63. The van der Waals surface area contributed by atoms with Crippen LogP contribution >= 0.6 is 0 Å². The number of amides is 4. The zero-order chi connectivity index (χ0) is 30.9. The van der Waals surface area contributed by atoms with Gasteiger partial charge in [0.15, 0.2) is 6.23 Å². The summed E-state index contributed by atoms with van der Waals surface area (Å²) in [5.74, 6) is 0.142. The molecule has 1 aliphatic heterocycles. The monoisotopic (exact) mass is 590 g/mol. The molecule has 2 aromatic carbocycles. The van der Waals surface area contributed by atoms with Crippen molar-refractivity contribution in [3.8, 4) is 5.75 Å². The molecule has 0 radical (unpaired) electrons. The van der Waals surface area contributed by atoms with Crippen LogP contribution in [0.1, 0.15) is 74.0 Å². The van der Waals surface area contributed by atoms with Crippen molar-refractivity contribution >= 4 is 18.3 Å². The van der Waals surface area contributed by atoms with E-state index in [4.69, 9.17) is 4.74 Å². The third-order valence-corrected chi connectivity index (χ3v) is 7.74. The van der Waals surface area contributed by atoms with E-state index >= 15 is 0 Å². The Morgan fingerprint density at radius 1 is 0.976 bits per heavy atom. The number of imide groups is 1. The largest absolute Gasteiger partial charge is 0.470 e. The third-order valence-electron chi connectivity index (χ3n) is 7.74. The summed E-state index contributed by atoms with van der Waals surface area (Å²) in [6, 6.07) is 10.00. The molecular formula is C31H41F3N4O4. The Bertz CT molecular complexity index is 1160. The van der Waals surface area contributed by atoms with Crippen molar-refractivity contribution < 1.29 is 32.3 Å². The van der Waals surface area contributed by atoms with Crippen molar-refractivity contribution in [2.45, 2.75) is 64.9 Å². The number of benzene rings is 2. The average molecular weight is 591 g/mol. The van der Waals surface area contributed by atoms with Gasteiger partial charge in [0.25, 0.3) is 5.91 Å². The van der Waals surface area contributed by atoms with Crippen molar-refractivity contribution in [1.29, 1.82) is 0 Å². The van der Waals surface area contributed by atoms with Gasteiger partial charge in [0.05, 0.1) is 11.6 Å². The Balaban J connectivity index is 1.78. The van der Waals surface area contributed by atoms with Gasteiger partial charge in [-0.05, 0) is 68.3 Å². The van der Waals surface area contributed by atoms with Crippen LogP contribution in [-0.2, 0) is 11.0 Å². The van der Waals surface area contributed by atoms with Crippen LogP contribution in [0.2, 0.25) is 0 Å². The number of piperazine rings is 1. The smallest absolute Gasteiger partial charge is 0.416 e. The molecule has 3 rings (SSSR count). The second kappa shape index (κ2) is 15.0. The van der Waals surface area contributed by atoms with E-state index in [1.165, 1.54) is 12.1 Å². The highest BCUT2D eigenvalue weighted by Gasteiger charge is 2.33. The standard InChI is InChI=1S/C31H41F3N4O4/c1-5-8-27(23-9-13-25(14-10-23)31(32,33)34)35-30(41)38(21-39)29(22(6-2)7-3)42-26-15-11-24(12-16-26)28(40)37-19-17-36(4)18-20-37/h9-16,21-22,27,29H,5-8,17-20H2,1-4H3,(H,35,41)/t27-,29+/m1/s1. The molecule has 0 bridgehead atoms. The number of hydrogen-bond donors (Lipinski definition) is 1. The first-order chi connectivity index (χ1) is 20.0. The fraction of sp³-hybridized carbons (Fsp3) is 0.516. The Labute approximate surface area is 245 Å². The summed E-state index contributed by atoms with van der Waals surface area (Å²) in [5.41, 5.74) is 0.250. The number of alkyl halides is 3. The highest BCUT2D eigenvalue weighted by Crippen LogP contribution is 2.31. The molecule has 2 aromatic rings. The molecular weight excluding hydrogens is 549 g/mol. The number of urea groups is 1. The van der Waals surface area contributed by atoms with E-state index in [2.05, 4.69) is 10.2 Å². The SMILES string of the molecule is CCC[C@@H](NC(=O)N(C=O)[C@@H](Oc1ccc(C(=O)N2CCN(C)CC2)cc1)C(CC)CC)c1ccc(C(F)(F)F)cc1. The number of rotatable bonds is 12. The van der Waals surface area contributed by atoms with E-state index in [9.17, 15) is 27.6 Å². The maximum absolute atomic E-state index is 13.4. The van der Waals surface area contributed by atoms with Gasteiger partial charge >= 0.3 is 12.2 Å². The topological polar surface area (TPSA) is 82.2 Å². The maximum Gasteiger partial charge on any atom is 0.416 e. The Morgan fingerprint density at radius 2 is 1.57 bits per heavy atom. The summed E-state index contributed by atoms with van der Waals surface area (Å²) in [5, 5.41) is 2.82. The average Bonchev–Trinajstić information content (AvgIpc) is 2.98. The van der Waals surface area contributed by atoms with Gasteiger partial charge in [-0.3, -0.25) is 9.59 Å². The van der Waals surface area contributed by atoms with E-state index in [-0.39, 0.29) is 11.8 Å². The first-order valence-corrected chi connectivity index (χ1v) is 14.5. The lowest BCUT2D eigenvalue weighted by atomic mass is 9.99. The van der Waals surface area contributed by atoms with Crippen molar-refractivity contribution in [1.82, 2.24) is 20.0 Å². The minimum absolute atomic E-state index is 0.0645. The van der Waals surface area contributed by atoms with E-state index in [0.29, 0.717) is 62.1 Å². The van der Waals surface area contributed by atoms with Crippen LogP contribution in [0.3, 0.4) is 0 Å². The van der Waals surface area contributed by atoms with Gasteiger partial charge in [-0.25, -0.2) is 9.69 Å². The third kappa shape index (κ3) is 8.47. The van der Waals surface area contributed by atoms with E-state index in [1.54, 1.807) is 24.3 Å². The Hall–Kier alpha value is -3.60. The highest BCUT2D eigenvalue weighted by molar-refractivity contribution is 5.94. The molecule has 1 saturated heterocycles. The fourth-order valence-corrected chi connectivity index (χ4v) is 5.04. The zero-order valence-corrected chi connectivity index (χ0v) is 24.7. The van der Waals surface area contributed by atoms with Gasteiger partial charge < -0.3 is 19.9 Å². The van der Waals surface area contributed by atoms with Gasteiger partial charge in [0.1, 0.15) is 5.75 Å². The minimum Gasteiger partial charge on any atom is -0.470 e. The minimum atomic E-state index is -4.47. The Kier molecular flexibility index (Phi) is 11.8. The molecule has 0 aliphatic carbocycles. The molecule has 11 heteroatoms. The van der Waals surface area contributed by atoms with Gasteiger partial charge in [-0.15, -0.1) is 0 Å². The van der Waals surface area contributed by atoms with Crippen molar-refractivity contribution in [2.75, 3.05) is 33.2 Å². The van der Waals surface area contributed by atoms with Crippen LogP contribution < -0.4 is 10.1 Å². The normalized spacial score (nSPS) is 15.7. The molecule has 1 fully saturated rings. The summed E-state index contributed by atoms with van der Waals surface area (Å²) < 4.78 is 45.4. The van der Waals surface area contributed by atoms with Crippen LogP contribution in [0, 0.1) is 5.92 Å². The zero-order valence-electron chi connectivity index (χ0n) is 24.7. The molecule has 42 heavy (non-hydrogen) atoms. The molecule has 0 saturated carbocycles. The quantitative estimate of drug-likeness (QED) is 0.244. The number of carbonyl (C=O) groups excluding carboxylic acids is 3. The first-order valence-electron chi connectivity index (χ1n) is 14.5. The molecule has 0 spiro atoms. The van der Waals surface area contributed by atoms with Crippen LogP contribution in [0.15, 0.2) is 48.5 Å². The summed E-state index contributed by atoms with van der Waals surface area (Å²) >= 11 is 0. The van der Waals surface area contributed by atoms with Gasteiger partial charge in [0.2, 0.25) is 6.41 Å². The molecule has 0 unspecified atom stereocenters. The molecule has 230 valence electrons. The number of halogens is 3. The molecule has 2 atom stereocenters. The number of nitrogens with one attached hydrogen (secondary N) is 1. The van der Waals surface area contributed by atoms with Gasteiger partial charge in [-0.1, -0.05) is 39.3 Å². The summed E-state index contributed by atoms with van der Waals surface area (Å²) in [7, 11) is 2.02. The predicted octanol–water partition coefficient (Wildman–Crippen LogP) is 5.94. The second-order valence-corrected chi connectivity index (χ2v) is 10.6. The van der Waals surface area contributed by atoms with Crippen LogP contribution in [0.25, 0.3) is 0 Å². The lowest BCUT2D eigenvalue weighted by Crippen LogP contribution is -2.51. The molecule has 8 nitrogen and oxygen atoms in total. The fourth-order valence-electron chi connectivity index (χ4n) is 5.04. The molecule has 1 N–H and O–H groups in total. The number of nitrogens with zero attached hydrogens (tertiary/aromatic N) is 3. The van der Waals surface area contributed by atoms with Crippen molar-refractivity contribution in [3.63, 3.8) is 0 Å². The molecule has 4 amide bonds. The summed E-state index contributed by atoms with van der Waals surface area (Å²) in [6.45, 7) is 8.70. The van der Waals surface area contributed by atoms with Crippen LogP contribution in [0.4, 0.5) is 18.0 Å². The molecule has 1 aliphatic rings. The first kappa shape index (κ1) is 32.9.